The number of aromatic nitrogens is 2. The van der Waals surface area contributed by atoms with Crippen LogP contribution in [0.5, 0.6) is 0 Å². The summed E-state index contributed by atoms with van der Waals surface area (Å²) in [5.74, 6) is 0. The van der Waals surface area contributed by atoms with Crippen LogP contribution >= 0.6 is 43.5 Å². The van der Waals surface area contributed by atoms with E-state index in [9.17, 15) is 0 Å². The lowest BCUT2D eigenvalue weighted by molar-refractivity contribution is 0.483. The highest BCUT2D eigenvalue weighted by Crippen LogP contribution is 2.33. The summed E-state index contributed by atoms with van der Waals surface area (Å²) in [5.41, 5.74) is 2.24. The number of hydrogen-bond donors (Lipinski definition) is 1. The lowest BCUT2D eigenvalue weighted by Gasteiger charge is -2.21. The van der Waals surface area contributed by atoms with E-state index >= 15 is 0 Å². The van der Waals surface area contributed by atoms with Crippen molar-refractivity contribution in [2.75, 3.05) is 7.05 Å². The Balaban J connectivity index is 2.52. The monoisotopic (exact) mass is 419 g/mol. The molecule has 0 aliphatic rings. The second kappa shape index (κ2) is 6.60. The Morgan fingerprint density at radius 1 is 1.25 bits per heavy atom. The first-order valence-corrected chi connectivity index (χ1v) is 8.27. The van der Waals surface area contributed by atoms with Gasteiger partial charge in [-0.1, -0.05) is 17.7 Å². The first kappa shape index (κ1) is 16.0. The maximum atomic E-state index is 6.07. The SMILES string of the molecule is CNC(c1ccc(Cl)c(Br)c1)c1c(Br)cnn1C(C)C. The van der Waals surface area contributed by atoms with Gasteiger partial charge in [-0.2, -0.15) is 5.10 Å². The third-order valence-electron chi connectivity index (χ3n) is 3.12. The van der Waals surface area contributed by atoms with Gasteiger partial charge in [-0.05, 0) is 70.5 Å². The van der Waals surface area contributed by atoms with E-state index < -0.39 is 0 Å². The second-order valence-corrected chi connectivity index (χ2v) is 6.93. The zero-order valence-electron chi connectivity index (χ0n) is 11.5. The molecule has 0 aliphatic carbocycles. The van der Waals surface area contributed by atoms with Gasteiger partial charge in [-0.25, -0.2) is 0 Å². The van der Waals surface area contributed by atoms with Gasteiger partial charge in [0.1, 0.15) is 0 Å². The van der Waals surface area contributed by atoms with Crippen LogP contribution in [0.4, 0.5) is 0 Å². The van der Waals surface area contributed by atoms with Crippen molar-refractivity contribution in [3.63, 3.8) is 0 Å². The summed E-state index contributed by atoms with van der Waals surface area (Å²) in [6, 6.07) is 6.30. The summed E-state index contributed by atoms with van der Waals surface area (Å²) in [4.78, 5) is 0. The highest BCUT2D eigenvalue weighted by atomic mass is 79.9. The Morgan fingerprint density at radius 3 is 2.50 bits per heavy atom. The minimum atomic E-state index is 0.0443. The van der Waals surface area contributed by atoms with E-state index in [4.69, 9.17) is 11.6 Å². The van der Waals surface area contributed by atoms with Crippen molar-refractivity contribution in [3.8, 4) is 0 Å². The quantitative estimate of drug-likeness (QED) is 0.757. The van der Waals surface area contributed by atoms with Crippen LogP contribution in [0.25, 0.3) is 0 Å². The highest BCUT2D eigenvalue weighted by Gasteiger charge is 2.22. The number of benzene rings is 1. The van der Waals surface area contributed by atoms with Crippen LogP contribution in [0.2, 0.25) is 5.02 Å². The Morgan fingerprint density at radius 2 is 1.95 bits per heavy atom. The molecule has 1 aromatic carbocycles. The number of nitrogens with zero attached hydrogens (tertiary/aromatic N) is 2. The molecule has 1 unspecified atom stereocenters. The molecule has 3 nitrogen and oxygen atoms in total. The van der Waals surface area contributed by atoms with Gasteiger partial charge in [0, 0.05) is 10.5 Å². The van der Waals surface area contributed by atoms with E-state index in [1.807, 2.05) is 36.1 Å². The third kappa shape index (κ3) is 3.11. The predicted molar refractivity (Wildman–Crippen MR) is 90.4 cm³/mol. The minimum Gasteiger partial charge on any atom is -0.308 e. The van der Waals surface area contributed by atoms with Gasteiger partial charge in [0.15, 0.2) is 0 Å². The van der Waals surface area contributed by atoms with Crippen LogP contribution in [0.1, 0.15) is 37.2 Å². The van der Waals surface area contributed by atoms with Gasteiger partial charge in [0.05, 0.1) is 27.4 Å². The van der Waals surface area contributed by atoms with E-state index in [-0.39, 0.29) is 6.04 Å². The largest absolute Gasteiger partial charge is 0.308 e. The van der Waals surface area contributed by atoms with Crippen LogP contribution < -0.4 is 5.32 Å². The van der Waals surface area contributed by atoms with Crippen molar-refractivity contribution in [3.05, 3.63) is 49.6 Å². The summed E-state index contributed by atoms with van der Waals surface area (Å²) < 4.78 is 3.91. The van der Waals surface area contributed by atoms with Crippen LogP contribution in [0.15, 0.2) is 33.3 Å². The minimum absolute atomic E-state index is 0.0443. The summed E-state index contributed by atoms with van der Waals surface area (Å²) in [7, 11) is 1.94. The van der Waals surface area contributed by atoms with Crippen LogP contribution in [-0.2, 0) is 0 Å². The predicted octanol–water partition coefficient (Wildman–Crippen LogP) is 4.95. The summed E-state index contributed by atoms with van der Waals surface area (Å²) in [6.07, 6.45) is 1.84. The van der Waals surface area contributed by atoms with Crippen molar-refractivity contribution in [2.24, 2.45) is 0 Å². The summed E-state index contributed by atoms with van der Waals surface area (Å²) in [6.45, 7) is 4.24. The molecular weight excluding hydrogens is 405 g/mol. The van der Waals surface area contributed by atoms with Crippen molar-refractivity contribution in [2.45, 2.75) is 25.9 Å². The first-order chi connectivity index (χ1) is 9.45. The van der Waals surface area contributed by atoms with Gasteiger partial charge in [0.25, 0.3) is 0 Å². The normalized spacial score (nSPS) is 12.9. The van der Waals surface area contributed by atoms with Crippen LogP contribution in [-0.4, -0.2) is 16.8 Å². The van der Waals surface area contributed by atoms with Gasteiger partial charge >= 0.3 is 0 Å². The lowest BCUT2D eigenvalue weighted by atomic mass is 10.0. The molecule has 0 saturated heterocycles. The van der Waals surface area contributed by atoms with E-state index in [0.29, 0.717) is 11.1 Å². The molecule has 1 aromatic heterocycles. The Labute approximate surface area is 141 Å². The molecule has 2 rings (SSSR count). The standard InChI is InChI=1S/C14H16Br2ClN3/c1-8(2)20-14(11(16)7-19-20)13(18-3)9-4-5-12(17)10(15)6-9/h4-8,13,18H,1-3H3. The van der Waals surface area contributed by atoms with Crippen LogP contribution in [0, 0.1) is 0 Å². The molecule has 1 N–H and O–H groups in total. The molecule has 1 heterocycles. The third-order valence-corrected chi connectivity index (χ3v) is 4.94. The average molecular weight is 422 g/mol. The molecular formula is C14H16Br2ClN3. The Kier molecular flexibility index (Phi) is 5.29. The van der Waals surface area contributed by atoms with Gasteiger partial charge in [0.2, 0.25) is 0 Å². The fourth-order valence-electron chi connectivity index (χ4n) is 2.19. The number of halogens is 3. The zero-order valence-corrected chi connectivity index (χ0v) is 15.4. The average Bonchev–Trinajstić information content (AvgIpc) is 2.77. The molecule has 0 radical (unpaired) electrons. The molecule has 0 spiro atoms. The summed E-state index contributed by atoms with van der Waals surface area (Å²) in [5, 5.41) is 8.50. The van der Waals surface area contributed by atoms with Crippen molar-refractivity contribution in [1.82, 2.24) is 15.1 Å². The second-order valence-electron chi connectivity index (χ2n) is 4.81. The molecule has 0 fully saturated rings. The van der Waals surface area contributed by atoms with Crippen LogP contribution in [0.3, 0.4) is 0 Å². The molecule has 0 aliphatic heterocycles. The Bertz CT molecular complexity index is 610. The van der Waals surface area contributed by atoms with Gasteiger partial charge in [-0.3, -0.25) is 4.68 Å². The van der Waals surface area contributed by atoms with E-state index in [0.717, 1.165) is 20.2 Å². The van der Waals surface area contributed by atoms with Crippen molar-refractivity contribution < 1.29 is 0 Å². The van der Waals surface area contributed by atoms with Gasteiger partial charge < -0.3 is 5.32 Å². The number of rotatable bonds is 4. The number of nitrogens with one attached hydrogen (secondary N) is 1. The van der Waals surface area contributed by atoms with E-state index in [1.54, 1.807) is 0 Å². The molecule has 20 heavy (non-hydrogen) atoms. The highest BCUT2D eigenvalue weighted by molar-refractivity contribution is 9.10. The molecule has 2 aromatic rings. The Hall–Kier alpha value is -0.360. The maximum Gasteiger partial charge on any atom is 0.0757 e. The zero-order chi connectivity index (χ0) is 14.9. The molecule has 6 heteroatoms. The summed E-state index contributed by atoms with van der Waals surface area (Å²) >= 11 is 13.1. The van der Waals surface area contributed by atoms with E-state index in [1.165, 1.54) is 0 Å². The molecule has 108 valence electrons. The molecule has 0 saturated carbocycles. The molecule has 1 atom stereocenters. The lowest BCUT2D eigenvalue weighted by Crippen LogP contribution is -2.23. The molecule has 0 amide bonds. The first-order valence-electron chi connectivity index (χ1n) is 6.30. The topological polar surface area (TPSA) is 29.9 Å². The fraction of sp³-hybridized carbons (Fsp3) is 0.357. The fourth-order valence-corrected chi connectivity index (χ4v) is 3.20. The van der Waals surface area contributed by atoms with E-state index in [2.05, 4.69) is 56.1 Å². The molecule has 0 bridgehead atoms. The maximum absolute atomic E-state index is 6.07. The smallest absolute Gasteiger partial charge is 0.0757 e. The van der Waals surface area contributed by atoms with Crippen molar-refractivity contribution >= 4 is 43.5 Å². The van der Waals surface area contributed by atoms with Crippen molar-refractivity contribution in [1.29, 1.82) is 0 Å². The van der Waals surface area contributed by atoms with Gasteiger partial charge in [-0.15, -0.1) is 0 Å². The number of hydrogen-bond acceptors (Lipinski definition) is 2.